The normalized spacial score (nSPS) is 29.9. The number of halogens is 3. The average molecular weight is 476 g/mol. The number of hydrogen-bond acceptors (Lipinski definition) is 4. The molecule has 4 saturated carbocycles. The monoisotopic (exact) mass is 475 g/mol. The van der Waals surface area contributed by atoms with Gasteiger partial charge in [-0.05, 0) is 88.5 Å². The van der Waals surface area contributed by atoms with Crippen LogP contribution in [0.25, 0.3) is 5.69 Å². The highest BCUT2D eigenvalue weighted by Gasteiger charge is 2.61. The van der Waals surface area contributed by atoms with Gasteiger partial charge < -0.3 is 14.4 Å². The fraction of sp³-hybridized carbons (Fsp3) is 0.538. The number of aliphatic hydroxyl groups is 1. The van der Waals surface area contributed by atoms with Gasteiger partial charge >= 0.3 is 12.1 Å². The number of esters is 1. The molecule has 6 rings (SSSR count). The van der Waals surface area contributed by atoms with Gasteiger partial charge in [0.1, 0.15) is 0 Å². The van der Waals surface area contributed by atoms with E-state index < -0.39 is 41.1 Å². The van der Waals surface area contributed by atoms with Crippen LogP contribution in [0.2, 0.25) is 0 Å². The molecule has 4 fully saturated rings. The number of aryl methyl sites for hydroxylation is 1. The Morgan fingerprint density at radius 1 is 1.12 bits per heavy atom. The molecule has 1 aromatic carbocycles. The molecule has 2 unspecified atom stereocenters. The number of hydrogen-bond donors (Lipinski definition) is 1. The number of rotatable bonds is 5. The smallest absolute Gasteiger partial charge is 0.416 e. The number of nitrogens with zero attached hydrogens (tertiary/aromatic N) is 1. The van der Waals surface area contributed by atoms with Crippen molar-refractivity contribution in [3.05, 3.63) is 52.8 Å². The zero-order valence-corrected chi connectivity index (χ0v) is 19.2. The number of carbonyl (C=O) groups is 2. The van der Waals surface area contributed by atoms with Gasteiger partial charge in [0.15, 0.2) is 6.61 Å². The van der Waals surface area contributed by atoms with E-state index >= 15 is 0 Å². The van der Waals surface area contributed by atoms with Crippen molar-refractivity contribution in [3.8, 4) is 5.69 Å². The Kier molecular flexibility index (Phi) is 5.24. The summed E-state index contributed by atoms with van der Waals surface area (Å²) in [6, 6.07) is 6.55. The molecule has 4 aliphatic rings. The van der Waals surface area contributed by atoms with Crippen LogP contribution in [-0.2, 0) is 15.7 Å². The van der Waals surface area contributed by atoms with E-state index in [1.807, 2.05) is 0 Å². The largest absolute Gasteiger partial charge is 0.457 e. The first-order chi connectivity index (χ1) is 15.9. The van der Waals surface area contributed by atoms with Crippen LogP contribution in [0.15, 0.2) is 30.3 Å². The molecule has 2 aromatic rings. The van der Waals surface area contributed by atoms with Crippen LogP contribution in [0.3, 0.4) is 0 Å². The summed E-state index contributed by atoms with van der Waals surface area (Å²) in [5.74, 6) is -0.176. The molecule has 1 aromatic heterocycles. The molecule has 4 bridgehead atoms. The third kappa shape index (κ3) is 3.85. The van der Waals surface area contributed by atoms with Gasteiger partial charge in [0, 0.05) is 22.6 Å². The second kappa shape index (κ2) is 7.70. The van der Waals surface area contributed by atoms with Crippen LogP contribution in [0.4, 0.5) is 13.2 Å². The fourth-order valence-electron chi connectivity index (χ4n) is 7.08. The van der Waals surface area contributed by atoms with Crippen molar-refractivity contribution in [2.24, 2.45) is 17.3 Å². The van der Waals surface area contributed by atoms with Crippen molar-refractivity contribution < 1.29 is 32.6 Å². The number of ether oxygens (including phenoxy) is 1. The quantitative estimate of drug-likeness (QED) is 0.479. The topological polar surface area (TPSA) is 68.5 Å². The summed E-state index contributed by atoms with van der Waals surface area (Å²) >= 11 is 0. The van der Waals surface area contributed by atoms with E-state index in [0.29, 0.717) is 53.7 Å². The molecule has 0 aliphatic heterocycles. The maximum absolute atomic E-state index is 13.2. The van der Waals surface area contributed by atoms with Gasteiger partial charge in [-0.25, -0.2) is 0 Å². The second-order valence-corrected chi connectivity index (χ2v) is 10.6. The standard InChI is InChI=1S/C26H28F3NO4/c1-15-6-21(16(2)30(15)20-5-3-4-19(8-20)26(27,28)29)22(31)13-34-23(32)24-9-17-7-18(10-24)12-25(33,11-17)14-24/h3-6,8,17-18,33H,7,9-14H2,1-2H3. The van der Waals surface area contributed by atoms with Gasteiger partial charge in [0.2, 0.25) is 5.78 Å². The Bertz CT molecular complexity index is 1150. The van der Waals surface area contributed by atoms with Gasteiger partial charge in [0.25, 0.3) is 0 Å². The molecular weight excluding hydrogens is 447 g/mol. The van der Waals surface area contributed by atoms with Crippen molar-refractivity contribution in [2.75, 3.05) is 6.61 Å². The van der Waals surface area contributed by atoms with Crippen molar-refractivity contribution in [1.82, 2.24) is 4.57 Å². The molecule has 0 spiro atoms. The average Bonchev–Trinajstić information content (AvgIpc) is 3.03. The fourth-order valence-corrected chi connectivity index (χ4v) is 7.08. The minimum Gasteiger partial charge on any atom is -0.457 e. The second-order valence-electron chi connectivity index (χ2n) is 10.6. The number of benzene rings is 1. The molecule has 0 amide bonds. The molecule has 4 aliphatic carbocycles. The maximum Gasteiger partial charge on any atom is 0.416 e. The SMILES string of the molecule is Cc1cc(C(=O)COC(=O)C23CC4CC(CC(O)(C4)C2)C3)c(C)n1-c1cccc(C(F)(F)F)c1. The van der Waals surface area contributed by atoms with Crippen LogP contribution in [0.5, 0.6) is 0 Å². The predicted molar refractivity (Wildman–Crippen MR) is 118 cm³/mol. The first-order valence-corrected chi connectivity index (χ1v) is 11.7. The molecule has 1 heterocycles. The molecule has 2 atom stereocenters. The Labute approximate surface area is 195 Å². The maximum atomic E-state index is 13.2. The highest BCUT2D eigenvalue weighted by Crippen LogP contribution is 2.62. The Morgan fingerprint density at radius 2 is 1.79 bits per heavy atom. The predicted octanol–water partition coefficient (Wildman–Crippen LogP) is 5.17. The van der Waals surface area contributed by atoms with E-state index in [0.717, 1.165) is 31.4 Å². The number of Topliss-reactive ketones (excluding diaryl/α,β-unsaturated/α-hetero) is 1. The van der Waals surface area contributed by atoms with Gasteiger partial charge in [-0.3, -0.25) is 9.59 Å². The van der Waals surface area contributed by atoms with Crippen molar-refractivity contribution >= 4 is 11.8 Å². The molecule has 34 heavy (non-hydrogen) atoms. The Hall–Kier alpha value is -2.61. The molecule has 182 valence electrons. The lowest BCUT2D eigenvalue weighted by molar-refractivity contribution is -0.195. The van der Waals surface area contributed by atoms with Crippen molar-refractivity contribution in [2.45, 2.75) is 64.1 Å². The van der Waals surface area contributed by atoms with Crippen molar-refractivity contribution in [1.29, 1.82) is 0 Å². The lowest BCUT2D eigenvalue weighted by Crippen LogP contribution is -2.58. The molecular formula is C26H28F3NO4. The summed E-state index contributed by atoms with van der Waals surface area (Å²) in [6.07, 6.45) is -0.173. The van der Waals surface area contributed by atoms with E-state index in [1.165, 1.54) is 6.07 Å². The van der Waals surface area contributed by atoms with Crippen LogP contribution in [0, 0.1) is 31.1 Å². The lowest BCUT2D eigenvalue weighted by atomic mass is 9.48. The van der Waals surface area contributed by atoms with E-state index in [9.17, 15) is 27.9 Å². The zero-order chi connectivity index (χ0) is 24.5. The zero-order valence-electron chi connectivity index (χ0n) is 19.2. The third-order valence-electron chi connectivity index (χ3n) is 7.96. The molecule has 8 heteroatoms. The lowest BCUT2D eigenvalue weighted by Gasteiger charge is -2.58. The van der Waals surface area contributed by atoms with Crippen LogP contribution in [0.1, 0.15) is 65.8 Å². The Morgan fingerprint density at radius 3 is 2.41 bits per heavy atom. The third-order valence-corrected chi connectivity index (χ3v) is 7.96. The summed E-state index contributed by atoms with van der Waals surface area (Å²) in [7, 11) is 0. The summed E-state index contributed by atoms with van der Waals surface area (Å²) in [5.41, 5.74) is -0.570. The first kappa shape index (κ1) is 23.1. The summed E-state index contributed by atoms with van der Waals surface area (Å²) in [6.45, 7) is 2.95. The highest BCUT2D eigenvalue weighted by molar-refractivity contribution is 5.99. The van der Waals surface area contributed by atoms with Crippen LogP contribution < -0.4 is 0 Å². The highest BCUT2D eigenvalue weighted by atomic mass is 19.4. The summed E-state index contributed by atoms with van der Waals surface area (Å²) in [5, 5.41) is 10.9. The number of ketones is 1. The number of aromatic nitrogens is 1. The Balaban J connectivity index is 1.32. The number of alkyl halides is 3. The summed E-state index contributed by atoms with van der Waals surface area (Å²) < 4.78 is 46.6. The van der Waals surface area contributed by atoms with Gasteiger partial charge in [-0.15, -0.1) is 0 Å². The van der Waals surface area contributed by atoms with E-state index in [-0.39, 0.29) is 0 Å². The van der Waals surface area contributed by atoms with Gasteiger partial charge in [-0.1, -0.05) is 6.07 Å². The van der Waals surface area contributed by atoms with Crippen LogP contribution >= 0.6 is 0 Å². The van der Waals surface area contributed by atoms with Gasteiger partial charge in [0.05, 0.1) is 16.6 Å². The van der Waals surface area contributed by atoms with E-state index in [2.05, 4.69) is 0 Å². The first-order valence-electron chi connectivity index (χ1n) is 11.7. The van der Waals surface area contributed by atoms with E-state index in [1.54, 1.807) is 30.5 Å². The molecule has 1 N–H and O–H groups in total. The van der Waals surface area contributed by atoms with Gasteiger partial charge in [-0.2, -0.15) is 13.2 Å². The molecule has 5 nitrogen and oxygen atoms in total. The van der Waals surface area contributed by atoms with E-state index in [4.69, 9.17) is 4.74 Å². The van der Waals surface area contributed by atoms with Crippen molar-refractivity contribution in [3.63, 3.8) is 0 Å². The minimum atomic E-state index is -4.47. The number of carbonyl (C=O) groups excluding carboxylic acids is 2. The summed E-state index contributed by atoms with van der Waals surface area (Å²) in [4.78, 5) is 26.1. The van der Waals surface area contributed by atoms with Crippen LogP contribution in [-0.4, -0.2) is 33.6 Å². The molecule has 0 saturated heterocycles. The minimum absolute atomic E-state index is 0.308. The molecule has 0 radical (unpaired) electrons.